The molecule has 4 rings (SSSR count). The van der Waals surface area contributed by atoms with Crippen LogP contribution in [-0.2, 0) is 25.0 Å². The quantitative estimate of drug-likeness (QED) is 0.412. The van der Waals surface area contributed by atoms with E-state index in [1.807, 2.05) is 0 Å². The number of hydrogen-bond donors (Lipinski definition) is 0. The first kappa shape index (κ1) is 19.9. The molecular formula is C19H9F5O6. The zero-order chi connectivity index (χ0) is 22.2. The van der Waals surface area contributed by atoms with Gasteiger partial charge < -0.3 is 9.47 Å². The van der Waals surface area contributed by atoms with Gasteiger partial charge in [0.15, 0.2) is 0 Å². The van der Waals surface area contributed by atoms with Crippen molar-refractivity contribution in [3.8, 4) is 0 Å². The number of carbonyl (C=O) groups excluding carboxylic acids is 4. The van der Waals surface area contributed by atoms with E-state index in [0.717, 1.165) is 6.07 Å². The Balaban J connectivity index is 2.25. The van der Waals surface area contributed by atoms with Crippen molar-refractivity contribution >= 4 is 34.6 Å². The summed E-state index contributed by atoms with van der Waals surface area (Å²) in [6.07, 6.45) is -6.98. The average molecular weight is 428 g/mol. The number of aryl methyl sites for hydroxylation is 1. The fourth-order valence-corrected chi connectivity index (χ4v) is 3.76. The van der Waals surface area contributed by atoms with E-state index in [2.05, 4.69) is 9.47 Å². The Kier molecular flexibility index (Phi) is 4.03. The molecule has 0 spiro atoms. The highest BCUT2D eigenvalue weighted by Crippen LogP contribution is 2.52. The highest BCUT2D eigenvalue weighted by atomic mass is 19.4. The molecule has 6 nitrogen and oxygen atoms in total. The molecule has 2 aliphatic rings. The molecular weight excluding hydrogens is 419 g/mol. The van der Waals surface area contributed by atoms with E-state index in [-0.39, 0.29) is 10.8 Å². The van der Waals surface area contributed by atoms with E-state index in [1.165, 1.54) is 12.1 Å². The minimum absolute atomic E-state index is 0.148. The van der Waals surface area contributed by atoms with E-state index in [0.29, 0.717) is 5.56 Å². The van der Waals surface area contributed by atoms with Crippen LogP contribution in [0.3, 0.4) is 0 Å². The van der Waals surface area contributed by atoms with Crippen LogP contribution in [0.2, 0.25) is 0 Å². The Labute approximate surface area is 163 Å². The molecule has 0 radical (unpaired) electrons. The molecule has 0 aromatic heterocycles. The Bertz CT molecular complexity index is 1180. The topological polar surface area (TPSA) is 86.7 Å². The lowest BCUT2D eigenvalue weighted by molar-refractivity contribution is -0.289. The highest BCUT2D eigenvalue weighted by molar-refractivity contribution is 6.23. The van der Waals surface area contributed by atoms with Crippen molar-refractivity contribution in [1.29, 1.82) is 0 Å². The van der Waals surface area contributed by atoms with Crippen molar-refractivity contribution in [2.45, 2.75) is 31.4 Å². The lowest BCUT2D eigenvalue weighted by Gasteiger charge is -2.26. The molecule has 2 aromatic rings. The number of fused-ring (bicyclic) bond motifs is 3. The van der Waals surface area contributed by atoms with E-state index >= 15 is 0 Å². The third-order valence-electron chi connectivity index (χ3n) is 4.99. The second-order valence-corrected chi connectivity index (χ2v) is 6.89. The fraction of sp³-hybridized carbons (Fsp3) is 0.263. The first-order chi connectivity index (χ1) is 13.8. The van der Waals surface area contributed by atoms with Crippen LogP contribution < -0.4 is 0 Å². The Morgan fingerprint density at radius 3 is 2.10 bits per heavy atom. The maximum Gasteiger partial charge on any atom is 0.458 e. The predicted octanol–water partition coefficient (Wildman–Crippen LogP) is 3.67. The minimum Gasteiger partial charge on any atom is -0.393 e. The standard InChI is InChI=1S/C19H9F5O6/c1-6-2-3-7-8(4-6)12-13(17(28)30-16(12)27)14(18(20,21)19(22,23)24)11(7)9-5-10(25)29-15(9)26/h2-4,9H,5H2,1H3. The Morgan fingerprint density at radius 2 is 1.53 bits per heavy atom. The number of ether oxygens (including phenoxy) is 2. The van der Waals surface area contributed by atoms with Gasteiger partial charge in [-0.3, -0.25) is 9.59 Å². The van der Waals surface area contributed by atoms with Gasteiger partial charge in [-0.1, -0.05) is 23.8 Å². The van der Waals surface area contributed by atoms with Gasteiger partial charge in [0.05, 0.1) is 29.0 Å². The maximum absolute atomic E-state index is 14.7. The van der Waals surface area contributed by atoms with Gasteiger partial charge in [-0.25, -0.2) is 9.59 Å². The van der Waals surface area contributed by atoms with Crippen molar-refractivity contribution in [1.82, 2.24) is 0 Å². The van der Waals surface area contributed by atoms with Crippen LogP contribution in [-0.4, -0.2) is 30.1 Å². The van der Waals surface area contributed by atoms with Crippen molar-refractivity contribution in [3.05, 3.63) is 46.0 Å². The number of benzene rings is 2. The Hall–Kier alpha value is -3.37. The third kappa shape index (κ3) is 2.61. The first-order valence-corrected chi connectivity index (χ1v) is 8.41. The third-order valence-corrected chi connectivity index (χ3v) is 4.99. The summed E-state index contributed by atoms with van der Waals surface area (Å²) in [5, 5.41) is -0.466. The maximum atomic E-state index is 14.7. The normalized spacial score (nSPS) is 19.3. The number of carbonyl (C=O) groups is 4. The summed E-state index contributed by atoms with van der Waals surface area (Å²) in [7, 11) is 0. The van der Waals surface area contributed by atoms with Crippen molar-refractivity contribution in [2.75, 3.05) is 0 Å². The molecule has 2 heterocycles. The van der Waals surface area contributed by atoms with Gasteiger partial charge in [-0.05, 0) is 23.3 Å². The molecule has 11 heteroatoms. The zero-order valence-electron chi connectivity index (χ0n) is 14.9. The average Bonchev–Trinajstić information content (AvgIpc) is 3.10. The van der Waals surface area contributed by atoms with Crippen LogP contribution >= 0.6 is 0 Å². The monoisotopic (exact) mass is 428 g/mol. The molecule has 0 N–H and O–H groups in total. The van der Waals surface area contributed by atoms with E-state index in [9.17, 15) is 41.1 Å². The second-order valence-electron chi connectivity index (χ2n) is 6.89. The van der Waals surface area contributed by atoms with Gasteiger partial charge in [0.25, 0.3) is 0 Å². The summed E-state index contributed by atoms with van der Waals surface area (Å²) in [6, 6.07) is 3.79. The smallest absolute Gasteiger partial charge is 0.393 e. The Morgan fingerprint density at radius 1 is 0.900 bits per heavy atom. The molecule has 2 aromatic carbocycles. The number of esters is 4. The van der Waals surface area contributed by atoms with Crippen molar-refractivity contribution in [2.24, 2.45) is 0 Å². The molecule has 156 valence electrons. The van der Waals surface area contributed by atoms with Gasteiger partial charge in [0.1, 0.15) is 0 Å². The van der Waals surface area contributed by atoms with Crippen molar-refractivity contribution < 1.29 is 50.6 Å². The number of hydrogen-bond acceptors (Lipinski definition) is 6. The summed E-state index contributed by atoms with van der Waals surface area (Å²) >= 11 is 0. The second kappa shape index (κ2) is 6.07. The summed E-state index contributed by atoms with van der Waals surface area (Å²) in [6.45, 7) is 1.55. The molecule has 1 atom stereocenters. The number of rotatable bonds is 2. The van der Waals surface area contributed by atoms with Crippen LogP contribution in [0, 0.1) is 6.92 Å². The van der Waals surface area contributed by atoms with Crippen LogP contribution in [0.1, 0.15) is 49.7 Å². The SMILES string of the molecule is Cc1ccc2c(C3CC(=O)OC3=O)c(C(F)(F)C(F)(F)F)c3c(c2c1)C(=O)OC3=O. The molecule has 0 bridgehead atoms. The molecule has 0 saturated carbocycles. The fourth-order valence-electron chi connectivity index (χ4n) is 3.76. The molecule has 1 unspecified atom stereocenters. The lowest BCUT2D eigenvalue weighted by Crippen LogP contribution is -2.37. The van der Waals surface area contributed by atoms with Crippen LogP contribution in [0.5, 0.6) is 0 Å². The molecule has 2 aliphatic heterocycles. The first-order valence-electron chi connectivity index (χ1n) is 8.41. The van der Waals surface area contributed by atoms with Crippen LogP contribution in [0.15, 0.2) is 18.2 Å². The summed E-state index contributed by atoms with van der Waals surface area (Å²) in [5.41, 5.74) is -4.31. The molecule has 1 saturated heterocycles. The molecule has 30 heavy (non-hydrogen) atoms. The van der Waals surface area contributed by atoms with Gasteiger partial charge in [0, 0.05) is 0 Å². The summed E-state index contributed by atoms with van der Waals surface area (Å²) in [4.78, 5) is 48.0. The lowest BCUT2D eigenvalue weighted by atomic mass is 9.80. The van der Waals surface area contributed by atoms with Gasteiger partial charge in [-0.15, -0.1) is 0 Å². The van der Waals surface area contributed by atoms with Crippen LogP contribution in [0.25, 0.3) is 10.8 Å². The molecule has 0 amide bonds. The number of alkyl halides is 5. The summed E-state index contributed by atoms with van der Waals surface area (Å²) in [5.74, 6) is -13.0. The van der Waals surface area contributed by atoms with Crippen LogP contribution in [0.4, 0.5) is 22.0 Å². The summed E-state index contributed by atoms with van der Waals surface area (Å²) < 4.78 is 78.1. The highest BCUT2D eigenvalue weighted by Gasteiger charge is 2.63. The van der Waals surface area contributed by atoms with Gasteiger partial charge >= 0.3 is 36.0 Å². The minimum atomic E-state index is -6.17. The van der Waals surface area contributed by atoms with Gasteiger partial charge in [0.2, 0.25) is 0 Å². The van der Waals surface area contributed by atoms with E-state index in [1.54, 1.807) is 6.92 Å². The van der Waals surface area contributed by atoms with E-state index < -0.39 is 70.6 Å². The van der Waals surface area contributed by atoms with E-state index in [4.69, 9.17) is 0 Å². The number of cyclic esters (lactones) is 4. The number of halogens is 5. The van der Waals surface area contributed by atoms with Crippen molar-refractivity contribution in [3.63, 3.8) is 0 Å². The zero-order valence-corrected chi connectivity index (χ0v) is 14.9. The molecule has 1 fully saturated rings. The predicted molar refractivity (Wildman–Crippen MR) is 86.8 cm³/mol. The molecule has 0 aliphatic carbocycles. The van der Waals surface area contributed by atoms with Gasteiger partial charge in [-0.2, -0.15) is 22.0 Å². The largest absolute Gasteiger partial charge is 0.458 e.